The molecule has 2 heteroatoms. The molecular formula is C14H23NO. The van der Waals surface area contributed by atoms with Gasteiger partial charge in [-0.1, -0.05) is 36.8 Å². The van der Waals surface area contributed by atoms with Crippen LogP contribution in [0.3, 0.4) is 0 Å². The summed E-state index contributed by atoms with van der Waals surface area (Å²) in [5, 5.41) is 12.3. The Morgan fingerprint density at radius 2 is 1.94 bits per heavy atom. The van der Waals surface area contributed by atoms with Crippen molar-refractivity contribution >= 4 is 0 Å². The molecule has 1 aromatic carbocycles. The van der Waals surface area contributed by atoms with Crippen LogP contribution in [0.2, 0.25) is 0 Å². The van der Waals surface area contributed by atoms with Gasteiger partial charge in [0.15, 0.2) is 0 Å². The molecular weight excluding hydrogens is 198 g/mol. The van der Waals surface area contributed by atoms with Crippen LogP contribution in [-0.2, 0) is 6.54 Å². The molecule has 0 bridgehead atoms. The van der Waals surface area contributed by atoms with Gasteiger partial charge < -0.3 is 10.4 Å². The van der Waals surface area contributed by atoms with Gasteiger partial charge in [0, 0.05) is 13.2 Å². The number of rotatable bonds is 7. The molecule has 0 radical (unpaired) electrons. The van der Waals surface area contributed by atoms with Crippen molar-refractivity contribution in [1.82, 2.24) is 5.32 Å². The van der Waals surface area contributed by atoms with Gasteiger partial charge in [0.05, 0.1) is 0 Å². The van der Waals surface area contributed by atoms with Crippen LogP contribution >= 0.6 is 0 Å². The number of aryl methyl sites for hydroxylation is 1. The molecule has 0 saturated heterocycles. The van der Waals surface area contributed by atoms with Crippen LogP contribution in [0.25, 0.3) is 0 Å². The lowest BCUT2D eigenvalue weighted by Gasteiger charge is -2.08. The van der Waals surface area contributed by atoms with Gasteiger partial charge in [0.1, 0.15) is 0 Å². The van der Waals surface area contributed by atoms with Gasteiger partial charge in [-0.05, 0) is 37.8 Å². The highest BCUT2D eigenvalue weighted by molar-refractivity contribution is 5.20. The van der Waals surface area contributed by atoms with Crippen LogP contribution in [0, 0.1) is 12.8 Å². The van der Waals surface area contributed by atoms with E-state index >= 15 is 0 Å². The van der Waals surface area contributed by atoms with E-state index in [9.17, 15) is 0 Å². The second kappa shape index (κ2) is 7.42. The third-order valence-corrected chi connectivity index (χ3v) is 2.81. The Labute approximate surface area is 98.7 Å². The molecule has 1 atom stereocenters. The molecule has 1 unspecified atom stereocenters. The Bertz CT molecular complexity index is 281. The van der Waals surface area contributed by atoms with Crippen molar-refractivity contribution in [2.45, 2.75) is 33.2 Å². The number of aliphatic hydroxyl groups is 1. The molecule has 0 saturated carbocycles. The molecule has 2 nitrogen and oxygen atoms in total. The number of hydrogen-bond acceptors (Lipinski definition) is 2. The fourth-order valence-corrected chi connectivity index (χ4v) is 1.61. The molecule has 0 spiro atoms. The Balaban J connectivity index is 2.09. The van der Waals surface area contributed by atoms with Crippen molar-refractivity contribution < 1.29 is 5.11 Å². The summed E-state index contributed by atoms with van der Waals surface area (Å²) < 4.78 is 0. The van der Waals surface area contributed by atoms with Gasteiger partial charge in [-0.25, -0.2) is 0 Å². The molecule has 0 aliphatic carbocycles. The zero-order valence-electron chi connectivity index (χ0n) is 10.4. The van der Waals surface area contributed by atoms with Crippen LogP contribution in [0.4, 0.5) is 0 Å². The normalized spacial score (nSPS) is 12.7. The highest BCUT2D eigenvalue weighted by Crippen LogP contribution is 2.04. The summed E-state index contributed by atoms with van der Waals surface area (Å²) in [6.07, 6.45) is 2.23. The van der Waals surface area contributed by atoms with Crippen LogP contribution < -0.4 is 5.32 Å². The lowest BCUT2D eigenvalue weighted by atomic mass is 10.1. The first-order valence-corrected chi connectivity index (χ1v) is 6.09. The number of aliphatic hydroxyl groups excluding tert-OH is 1. The Morgan fingerprint density at radius 3 is 2.56 bits per heavy atom. The summed E-state index contributed by atoms with van der Waals surface area (Å²) in [4.78, 5) is 0. The first-order chi connectivity index (χ1) is 7.72. The van der Waals surface area contributed by atoms with Crippen molar-refractivity contribution in [2.24, 2.45) is 5.92 Å². The maximum absolute atomic E-state index is 8.87. The van der Waals surface area contributed by atoms with Gasteiger partial charge in [-0.15, -0.1) is 0 Å². The van der Waals surface area contributed by atoms with E-state index in [1.54, 1.807) is 0 Å². The summed E-state index contributed by atoms with van der Waals surface area (Å²) in [7, 11) is 0. The number of benzene rings is 1. The molecule has 90 valence electrons. The van der Waals surface area contributed by atoms with E-state index in [1.807, 2.05) is 0 Å². The van der Waals surface area contributed by atoms with Crippen molar-refractivity contribution in [1.29, 1.82) is 0 Å². The molecule has 0 amide bonds. The van der Waals surface area contributed by atoms with E-state index in [0.717, 1.165) is 25.9 Å². The van der Waals surface area contributed by atoms with Crippen LogP contribution in [0.1, 0.15) is 30.9 Å². The molecule has 0 heterocycles. The number of nitrogens with one attached hydrogen (secondary N) is 1. The lowest BCUT2D eigenvalue weighted by Crippen LogP contribution is -2.15. The van der Waals surface area contributed by atoms with Crippen LogP contribution in [0.5, 0.6) is 0 Å². The van der Waals surface area contributed by atoms with E-state index in [2.05, 4.69) is 43.4 Å². The van der Waals surface area contributed by atoms with Crippen molar-refractivity contribution in [3.63, 3.8) is 0 Å². The summed E-state index contributed by atoms with van der Waals surface area (Å²) >= 11 is 0. The highest BCUT2D eigenvalue weighted by atomic mass is 16.3. The smallest absolute Gasteiger partial charge is 0.0456 e. The highest BCUT2D eigenvalue weighted by Gasteiger charge is 1.98. The standard InChI is InChI=1S/C14H23NO/c1-12-5-7-14(8-6-12)10-15-9-3-4-13(2)11-16/h5-8,13,15-16H,3-4,9-11H2,1-2H3. The maximum Gasteiger partial charge on any atom is 0.0456 e. The van der Waals surface area contributed by atoms with E-state index in [0.29, 0.717) is 12.5 Å². The fourth-order valence-electron chi connectivity index (χ4n) is 1.61. The number of hydrogen-bond donors (Lipinski definition) is 2. The monoisotopic (exact) mass is 221 g/mol. The van der Waals surface area contributed by atoms with E-state index in [-0.39, 0.29) is 0 Å². The molecule has 0 aromatic heterocycles. The van der Waals surface area contributed by atoms with Crippen molar-refractivity contribution in [2.75, 3.05) is 13.2 Å². The van der Waals surface area contributed by atoms with E-state index in [4.69, 9.17) is 5.11 Å². The van der Waals surface area contributed by atoms with Gasteiger partial charge in [0.2, 0.25) is 0 Å². The third kappa shape index (κ3) is 5.29. The summed E-state index contributed by atoms with van der Waals surface area (Å²) in [5.41, 5.74) is 2.64. The van der Waals surface area contributed by atoms with E-state index in [1.165, 1.54) is 11.1 Å². The lowest BCUT2D eigenvalue weighted by molar-refractivity contribution is 0.228. The first kappa shape index (κ1) is 13.2. The summed E-state index contributed by atoms with van der Waals surface area (Å²) in [5.74, 6) is 0.432. The minimum absolute atomic E-state index is 0.304. The predicted octanol–water partition coefficient (Wildman–Crippen LogP) is 2.49. The molecule has 1 rings (SSSR count). The summed E-state index contributed by atoms with van der Waals surface area (Å²) in [6.45, 7) is 6.46. The fraction of sp³-hybridized carbons (Fsp3) is 0.571. The van der Waals surface area contributed by atoms with Crippen LogP contribution in [-0.4, -0.2) is 18.3 Å². The molecule has 0 aliphatic rings. The van der Waals surface area contributed by atoms with E-state index < -0.39 is 0 Å². The average molecular weight is 221 g/mol. The van der Waals surface area contributed by atoms with Gasteiger partial charge in [0.25, 0.3) is 0 Å². The van der Waals surface area contributed by atoms with Gasteiger partial charge >= 0.3 is 0 Å². The molecule has 2 N–H and O–H groups in total. The zero-order valence-corrected chi connectivity index (χ0v) is 10.4. The van der Waals surface area contributed by atoms with Crippen LogP contribution in [0.15, 0.2) is 24.3 Å². The van der Waals surface area contributed by atoms with Crippen molar-refractivity contribution in [3.05, 3.63) is 35.4 Å². The second-order valence-corrected chi connectivity index (χ2v) is 4.59. The predicted molar refractivity (Wildman–Crippen MR) is 68.4 cm³/mol. The van der Waals surface area contributed by atoms with Crippen molar-refractivity contribution in [3.8, 4) is 0 Å². The third-order valence-electron chi connectivity index (χ3n) is 2.81. The Hall–Kier alpha value is -0.860. The average Bonchev–Trinajstić information content (AvgIpc) is 2.31. The quantitative estimate of drug-likeness (QED) is 0.693. The second-order valence-electron chi connectivity index (χ2n) is 4.59. The van der Waals surface area contributed by atoms with Gasteiger partial charge in [-0.3, -0.25) is 0 Å². The minimum atomic E-state index is 0.304. The Morgan fingerprint density at radius 1 is 1.25 bits per heavy atom. The largest absolute Gasteiger partial charge is 0.396 e. The molecule has 0 fully saturated rings. The molecule has 0 aliphatic heterocycles. The SMILES string of the molecule is Cc1ccc(CNCCCC(C)CO)cc1. The maximum atomic E-state index is 8.87. The first-order valence-electron chi connectivity index (χ1n) is 6.09. The zero-order chi connectivity index (χ0) is 11.8. The minimum Gasteiger partial charge on any atom is -0.396 e. The topological polar surface area (TPSA) is 32.3 Å². The molecule has 16 heavy (non-hydrogen) atoms. The Kier molecular flexibility index (Phi) is 6.12. The summed E-state index contributed by atoms with van der Waals surface area (Å²) in [6, 6.07) is 8.62. The van der Waals surface area contributed by atoms with Gasteiger partial charge in [-0.2, -0.15) is 0 Å². The molecule has 1 aromatic rings.